The van der Waals surface area contributed by atoms with Gasteiger partial charge in [-0.25, -0.2) is 0 Å². The minimum absolute atomic E-state index is 0.276. The number of rotatable bonds is 5. The van der Waals surface area contributed by atoms with Gasteiger partial charge < -0.3 is 14.5 Å². The minimum atomic E-state index is 0.276. The number of hydrogen-bond donors (Lipinski definition) is 1. The highest BCUT2D eigenvalue weighted by atomic mass is 16.5. The number of nitrogens with zero attached hydrogens (tertiary/aromatic N) is 1. The molecular formula is C13H22N2O2. The van der Waals surface area contributed by atoms with Crippen LogP contribution in [0.2, 0.25) is 0 Å². The summed E-state index contributed by atoms with van der Waals surface area (Å²) in [7, 11) is 4.15. The van der Waals surface area contributed by atoms with E-state index in [9.17, 15) is 0 Å². The third-order valence-electron chi connectivity index (χ3n) is 3.44. The quantitative estimate of drug-likeness (QED) is 0.846. The van der Waals surface area contributed by atoms with Gasteiger partial charge in [0.25, 0.3) is 0 Å². The first-order valence-corrected chi connectivity index (χ1v) is 6.23. The van der Waals surface area contributed by atoms with Crippen molar-refractivity contribution in [3.63, 3.8) is 0 Å². The van der Waals surface area contributed by atoms with Crippen LogP contribution in [0.1, 0.15) is 25.1 Å². The van der Waals surface area contributed by atoms with Crippen molar-refractivity contribution in [3.8, 4) is 0 Å². The van der Waals surface area contributed by atoms with Crippen molar-refractivity contribution in [2.75, 3.05) is 27.2 Å². The molecule has 3 unspecified atom stereocenters. The number of ether oxygens (including phenoxy) is 1. The van der Waals surface area contributed by atoms with E-state index in [1.165, 1.54) is 0 Å². The fraction of sp³-hybridized carbons (Fsp3) is 0.692. The average molecular weight is 238 g/mol. The minimum Gasteiger partial charge on any atom is -0.468 e. The second-order valence-electron chi connectivity index (χ2n) is 4.87. The second kappa shape index (κ2) is 5.67. The molecule has 96 valence electrons. The predicted octanol–water partition coefficient (Wildman–Crippen LogP) is 1.65. The molecule has 0 spiro atoms. The maximum atomic E-state index is 5.55. The Morgan fingerprint density at radius 2 is 2.35 bits per heavy atom. The third-order valence-corrected chi connectivity index (χ3v) is 3.44. The van der Waals surface area contributed by atoms with Crippen LogP contribution in [0.15, 0.2) is 22.8 Å². The van der Waals surface area contributed by atoms with Gasteiger partial charge in [0, 0.05) is 19.2 Å². The van der Waals surface area contributed by atoms with E-state index in [2.05, 4.69) is 31.2 Å². The summed E-state index contributed by atoms with van der Waals surface area (Å²) < 4.78 is 11.0. The van der Waals surface area contributed by atoms with Crippen molar-refractivity contribution in [1.29, 1.82) is 0 Å². The highest BCUT2D eigenvalue weighted by Crippen LogP contribution is 2.19. The van der Waals surface area contributed by atoms with Crippen LogP contribution in [0.3, 0.4) is 0 Å². The van der Waals surface area contributed by atoms with E-state index < -0.39 is 0 Å². The fourth-order valence-corrected chi connectivity index (χ4v) is 2.28. The molecule has 1 saturated heterocycles. The molecule has 1 aromatic heterocycles. The van der Waals surface area contributed by atoms with E-state index in [1.54, 1.807) is 6.26 Å². The summed E-state index contributed by atoms with van der Waals surface area (Å²) in [6, 6.07) is 4.71. The van der Waals surface area contributed by atoms with Crippen LogP contribution in [0.25, 0.3) is 0 Å². The fourth-order valence-electron chi connectivity index (χ4n) is 2.28. The van der Waals surface area contributed by atoms with Crippen molar-refractivity contribution in [2.24, 2.45) is 0 Å². The van der Waals surface area contributed by atoms with Crippen molar-refractivity contribution in [1.82, 2.24) is 10.2 Å². The van der Waals surface area contributed by atoms with E-state index in [0.29, 0.717) is 12.1 Å². The molecule has 0 bridgehead atoms. The molecule has 1 N–H and O–H groups in total. The first-order valence-electron chi connectivity index (χ1n) is 6.23. The molecule has 0 saturated carbocycles. The van der Waals surface area contributed by atoms with E-state index in [0.717, 1.165) is 25.3 Å². The summed E-state index contributed by atoms with van der Waals surface area (Å²) in [6.45, 7) is 3.88. The zero-order chi connectivity index (χ0) is 12.3. The van der Waals surface area contributed by atoms with Crippen LogP contribution in [-0.4, -0.2) is 44.3 Å². The molecule has 1 aliphatic rings. The lowest BCUT2D eigenvalue weighted by Gasteiger charge is -2.25. The number of nitrogens with one attached hydrogen (secondary N) is 1. The lowest BCUT2D eigenvalue weighted by molar-refractivity contribution is 0.111. The van der Waals surface area contributed by atoms with Gasteiger partial charge in [-0.15, -0.1) is 0 Å². The summed E-state index contributed by atoms with van der Waals surface area (Å²) in [6.07, 6.45) is 3.14. The summed E-state index contributed by atoms with van der Waals surface area (Å²) >= 11 is 0. The van der Waals surface area contributed by atoms with Crippen LogP contribution in [0.5, 0.6) is 0 Å². The van der Waals surface area contributed by atoms with Crippen molar-refractivity contribution in [3.05, 3.63) is 24.2 Å². The highest BCUT2D eigenvalue weighted by molar-refractivity contribution is 5.05. The van der Waals surface area contributed by atoms with Crippen LogP contribution in [-0.2, 0) is 4.74 Å². The lowest BCUT2D eigenvalue weighted by Crippen LogP contribution is -2.40. The van der Waals surface area contributed by atoms with Gasteiger partial charge in [-0.2, -0.15) is 0 Å². The van der Waals surface area contributed by atoms with E-state index in [4.69, 9.17) is 9.15 Å². The smallest absolute Gasteiger partial charge is 0.122 e. The van der Waals surface area contributed by atoms with Gasteiger partial charge in [0.1, 0.15) is 5.76 Å². The number of furan rings is 1. The van der Waals surface area contributed by atoms with Crippen molar-refractivity contribution in [2.45, 2.75) is 31.5 Å². The van der Waals surface area contributed by atoms with Gasteiger partial charge >= 0.3 is 0 Å². The SMILES string of the molecule is CC1OCCC1NCC(c1ccco1)N(C)C. The number of likely N-dealkylation sites (N-methyl/N-ethyl adjacent to an activating group) is 1. The first-order chi connectivity index (χ1) is 8.18. The Hall–Kier alpha value is -0.840. The normalized spacial score (nSPS) is 26.6. The van der Waals surface area contributed by atoms with Gasteiger partial charge in [-0.1, -0.05) is 0 Å². The largest absolute Gasteiger partial charge is 0.468 e. The Balaban J connectivity index is 1.90. The molecule has 2 rings (SSSR count). The first kappa shape index (κ1) is 12.6. The average Bonchev–Trinajstić information content (AvgIpc) is 2.91. The Kier molecular flexibility index (Phi) is 4.20. The molecule has 0 aliphatic carbocycles. The molecule has 4 heteroatoms. The van der Waals surface area contributed by atoms with E-state index in [1.807, 2.05) is 12.1 Å². The lowest BCUT2D eigenvalue weighted by atomic mass is 10.1. The number of hydrogen-bond acceptors (Lipinski definition) is 4. The molecule has 2 heterocycles. The topological polar surface area (TPSA) is 37.6 Å². The summed E-state index contributed by atoms with van der Waals surface area (Å²) in [5, 5.41) is 3.57. The summed E-state index contributed by atoms with van der Waals surface area (Å²) in [5.74, 6) is 1.01. The van der Waals surface area contributed by atoms with E-state index in [-0.39, 0.29) is 6.04 Å². The summed E-state index contributed by atoms with van der Waals surface area (Å²) in [5.41, 5.74) is 0. The Bertz CT molecular complexity index is 324. The van der Waals surface area contributed by atoms with Crippen LogP contribution >= 0.6 is 0 Å². The Morgan fingerprint density at radius 1 is 1.53 bits per heavy atom. The van der Waals surface area contributed by atoms with Gasteiger partial charge in [0.15, 0.2) is 0 Å². The molecule has 0 radical (unpaired) electrons. The monoisotopic (exact) mass is 238 g/mol. The van der Waals surface area contributed by atoms with Crippen LogP contribution in [0, 0.1) is 0 Å². The maximum Gasteiger partial charge on any atom is 0.122 e. The highest BCUT2D eigenvalue weighted by Gasteiger charge is 2.25. The maximum absolute atomic E-state index is 5.55. The zero-order valence-corrected chi connectivity index (χ0v) is 10.8. The predicted molar refractivity (Wildman–Crippen MR) is 67.0 cm³/mol. The third kappa shape index (κ3) is 3.09. The molecule has 3 atom stereocenters. The van der Waals surface area contributed by atoms with Crippen molar-refractivity contribution >= 4 is 0 Å². The molecule has 4 nitrogen and oxygen atoms in total. The van der Waals surface area contributed by atoms with Gasteiger partial charge in [-0.05, 0) is 39.6 Å². The summed E-state index contributed by atoms with van der Waals surface area (Å²) in [4.78, 5) is 2.17. The molecule has 1 aliphatic heterocycles. The Labute approximate surface area is 103 Å². The standard InChI is InChI=1S/C13H22N2O2/c1-10-11(6-8-16-10)14-9-12(15(2)3)13-5-4-7-17-13/h4-5,7,10-12,14H,6,8-9H2,1-3H3. The molecule has 1 fully saturated rings. The Morgan fingerprint density at radius 3 is 2.88 bits per heavy atom. The zero-order valence-electron chi connectivity index (χ0n) is 10.8. The molecule has 0 aromatic carbocycles. The van der Waals surface area contributed by atoms with Crippen molar-refractivity contribution < 1.29 is 9.15 Å². The van der Waals surface area contributed by atoms with Crippen LogP contribution in [0.4, 0.5) is 0 Å². The molecule has 1 aromatic rings. The molecular weight excluding hydrogens is 216 g/mol. The van der Waals surface area contributed by atoms with Crippen LogP contribution < -0.4 is 5.32 Å². The molecule has 17 heavy (non-hydrogen) atoms. The van der Waals surface area contributed by atoms with Gasteiger partial charge in [0.2, 0.25) is 0 Å². The van der Waals surface area contributed by atoms with Gasteiger partial charge in [-0.3, -0.25) is 4.90 Å². The molecule has 0 amide bonds. The van der Waals surface area contributed by atoms with E-state index >= 15 is 0 Å². The van der Waals surface area contributed by atoms with Gasteiger partial charge in [0.05, 0.1) is 18.4 Å². The second-order valence-corrected chi connectivity index (χ2v) is 4.87.